The van der Waals surface area contributed by atoms with Crippen molar-refractivity contribution in [1.29, 1.82) is 0 Å². The van der Waals surface area contributed by atoms with Crippen LogP contribution in [-0.4, -0.2) is 5.91 Å². The molecule has 2 aromatic carbocycles. The third-order valence-electron chi connectivity index (χ3n) is 2.92. The second-order valence-electron chi connectivity index (χ2n) is 4.81. The second-order valence-corrected chi connectivity index (χ2v) is 4.81. The summed E-state index contributed by atoms with van der Waals surface area (Å²) in [5, 5.41) is 2.70. The molecule has 0 aliphatic carbocycles. The van der Waals surface area contributed by atoms with Crippen LogP contribution in [0.1, 0.15) is 17.5 Å². The van der Waals surface area contributed by atoms with Crippen LogP contribution in [-0.2, 0) is 11.2 Å². The highest BCUT2D eigenvalue weighted by atomic mass is 19.1. The third-order valence-corrected chi connectivity index (χ3v) is 2.92. The van der Waals surface area contributed by atoms with E-state index in [0.717, 1.165) is 11.1 Å². The molecule has 4 heteroatoms. The van der Waals surface area contributed by atoms with Gasteiger partial charge in [-0.1, -0.05) is 12.1 Å². The minimum absolute atomic E-state index is 0.141. The lowest BCUT2D eigenvalue weighted by Crippen LogP contribution is -2.12. The number of rotatable bonds is 4. The summed E-state index contributed by atoms with van der Waals surface area (Å²) >= 11 is 0. The van der Waals surface area contributed by atoms with Crippen molar-refractivity contribution in [1.82, 2.24) is 0 Å². The summed E-state index contributed by atoms with van der Waals surface area (Å²) in [5.41, 5.74) is 8.63. The zero-order chi connectivity index (χ0) is 14.5. The first-order chi connectivity index (χ1) is 9.52. The van der Waals surface area contributed by atoms with Crippen LogP contribution in [0.5, 0.6) is 0 Å². The number of nitrogens with two attached hydrogens (primary N) is 1. The molecule has 0 aliphatic heterocycles. The molecule has 1 amide bonds. The Kier molecular flexibility index (Phi) is 4.35. The standard InChI is InChI=1S/C16H17FN2O/c1-11-7-13(17)10-15(8-11)19-16(20)6-5-12-3-2-4-14(18)9-12/h2-4,7-10H,5-6,18H2,1H3,(H,19,20). The predicted molar refractivity (Wildman–Crippen MR) is 78.9 cm³/mol. The summed E-state index contributed by atoms with van der Waals surface area (Å²) in [6.45, 7) is 1.78. The Hall–Kier alpha value is -2.36. The van der Waals surface area contributed by atoms with Crippen molar-refractivity contribution in [2.24, 2.45) is 0 Å². The molecule has 0 spiro atoms. The highest BCUT2D eigenvalue weighted by Gasteiger charge is 2.05. The molecule has 0 saturated heterocycles. The Morgan fingerprint density at radius 1 is 1.25 bits per heavy atom. The maximum absolute atomic E-state index is 13.2. The maximum atomic E-state index is 13.2. The monoisotopic (exact) mass is 272 g/mol. The topological polar surface area (TPSA) is 55.1 Å². The second kappa shape index (κ2) is 6.19. The third kappa shape index (κ3) is 4.09. The van der Waals surface area contributed by atoms with E-state index in [9.17, 15) is 9.18 Å². The van der Waals surface area contributed by atoms with Gasteiger partial charge in [-0.25, -0.2) is 4.39 Å². The molecule has 3 nitrogen and oxygen atoms in total. The fourth-order valence-electron chi connectivity index (χ4n) is 2.04. The Labute approximate surface area is 117 Å². The number of hydrogen-bond donors (Lipinski definition) is 2. The first-order valence-electron chi connectivity index (χ1n) is 6.44. The number of hydrogen-bond acceptors (Lipinski definition) is 2. The van der Waals surface area contributed by atoms with Crippen molar-refractivity contribution in [2.75, 3.05) is 11.1 Å². The van der Waals surface area contributed by atoms with Crippen LogP contribution in [0.15, 0.2) is 42.5 Å². The number of benzene rings is 2. The molecule has 2 rings (SSSR count). The summed E-state index contributed by atoms with van der Waals surface area (Å²) < 4.78 is 13.2. The number of nitrogens with one attached hydrogen (secondary N) is 1. The molecular formula is C16H17FN2O. The fraction of sp³-hybridized carbons (Fsp3) is 0.188. The van der Waals surface area contributed by atoms with Crippen molar-refractivity contribution in [3.05, 3.63) is 59.4 Å². The van der Waals surface area contributed by atoms with Gasteiger partial charge in [0.15, 0.2) is 0 Å². The molecule has 104 valence electrons. The lowest BCUT2D eigenvalue weighted by atomic mass is 10.1. The fourth-order valence-corrected chi connectivity index (χ4v) is 2.04. The van der Waals surface area contributed by atoms with Crippen LogP contribution in [0.25, 0.3) is 0 Å². The molecule has 0 bridgehead atoms. The van der Waals surface area contributed by atoms with Crippen molar-refractivity contribution >= 4 is 17.3 Å². The van der Waals surface area contributed by atoms with E-state index < -0.39 is 0 Å². The minimum atomic E-state index is -0.351. The SMILES string of the molecule is Cc1cc(F)cc(NC(=O)CCc2cccc(N)c2)c1. The highest BCUT2D eigenvalue weighted by Crippen LogP contribution is 2.14. The maximum Gasteiger partial charge on any atom is 0.224 e. The average Bonchev–Trinajstić information content (AvgIpc) is 2.35. The predicted octanol–water partition coefficient (Wildman–Crippen LogP) is 3.29. The van der Waals surface area contributed by atoms with E-state index in [4.69, 9.17) is 5.73 Å². The molecule has 0 unspecified atom stereocenters. The molecule has 20 heavy (non-hydrogen) atoms. The van der Waals surface area contributed by atoms with Crippen molar-refractivity contribution in [3.63, 3.8) is 0 Å². The lowest BCUT2D eigenvalue weighted by Gasteiger charge is -2.07. The molecule has 0 fully saturated rings. The zero-order valence-electron chi connectivity index (χ0n) is 11.3. The van der Waals surface area contributed by atoms with Crippen molar-refractivity contribution in [3.8, 4) is 0 Å². The van der Waals surface area contributed by atoms with Gasteiger partial charge < -0.3 is 11.1 Å². The molecule has 0 aliphatic rings. The van der Waals surface area contributed by atoms with E-state index in [2.05, 4.69) is 5.32 Å². The van der Waals surface area contributed by atoms with Gasteiger partial charge in [0, 0.05) is 17.8 Å². The average molecular weight is 272 g/mol. The van der Waals surface area contributed by atoms with Crippen LogP contribution < -0.4 is 11.1 Å². The summed E-state index contributed by atoms with van der Waals surface area (Å²) in [6, 6.07) is 11.9. The lowest BCUT2D eigenvalue weighted by molar-refractivity contribution is -0.116. The van der Waals surface area contributed by atoms with Gasteiger partial charge in [0.05, 0.1) is 0 Å². The molecule has 0 saturated carbocycles. The highest BCUT2D eigenvalue weighted by molar-refractivity contribution is 5.90. The van der Waals surface area contributed by atoms with Gasteiger partial charge in [0.25, 0.3) is 0 Å². The molecule has 0 heterocycles. The molecule has 3 N–H and O–H groups in total. The summed E-state index contributed by atoms with van der Waals surface area (Å²) in [4.78, 5) is 11.8. The number of aryl methyl sites for hydroxylation is 2. The zero-order valence-corrected chi connectivity index (χ0v) is 11.3. The minimum Gasteiger partial charge on any atom is -0.399 e. The van der Waals surface area contributed by atoms with Gasteiger partial charge in [-0.05, 0) is 54.8 Å². The van der Waals surface area contributed by atoms with E-state index in [-0.39, 0.29) is 11.7 Å². The van der Waals surface area contributed by atoms with Crippen LogP contribution in [0, 0.1) is 12.7 Å². The van der Waals surface area contributed by atoms with Gasteiger partial charge in [0.1, 0.15) is 5.82 Å². The Balaban J connectivity index is 1.92. The number of anilines is 2. The largest absolute Gasteiger partial charge is 0.399 e. The van der Waals surface area contributed by atoms with E-state index >= 15 is 0 Å². The Bertz CT molecular complexity index is 605. The number of nitrogen functional groups attached to an aromatic ring is 1. The quantitative estimate of drug-likeness (QED) is 0.839. The van der Waals surface area contributed by atoms with Crippen molar-refractivity contribution < 1.29 is 9.18 Å². The first kappa shape index (κ1) is 14.1. The van der Waals surface area contributed by atoms with Crippen LogP contribution in [0.3, 0.4) is 0 Å². The van der Waals surface area contributed by atoms with Crippen molar-refractivity contribution in [2.45, 2.75) is 19.8 Å². The summed E-state index contributed by atoms with van der Waals surface area (Å²) in [5.74, 6) is -0.492. The smallest absolute Gasteiger partial charge is 0.224 e. The van der Waals surface area contributed by atoms with Crippen LogP contribution >= 0.6 is 0 Å². The Morgan fingerprint density at radius 3 is 2.75 bits per heavy atom. The summed E-state index contributed by atoms with van der Waals surface area (Å²) in [6.07, 6.45) is 0.935. The summed E-state index contributed by atoms with van der Waals surface area (Å²) in [7, 11) is 0. The molecule has 0 atom stereocenters. The Morgan fingerprint density at radius 2 is 2.05 bits per heavy atom. The first-order valence-corrected chi connectivity index (χ1v) is 6.44. The molecule has 0 radical (unpaired) electrons. The molecule has 2 aromatic rings. The van der Waals surface area contributed by atoms with E-state index in [1.54, 1.807) is 19.1 Å². The number of carbonyl (C=O) groups excluding carboxylic acids is 1. The molecular weight excluding hydrogens is 255 g/mol. The van der Waals surface area contributed by atoms with Gasteiger partial charge in [-0.3, -0.25) is 4.79 Å². The van der Waals surface area contributed by atoms with Crippen LogP contribution in [0.4, 0.5) is 15.8 Å². The number of carbonyl (C=O) groups is 1. The van der Waals surface area contributed by atoms with Gasteiger partial charge >= 0.3 is 0 Å². The van der Waals surface area contributed by atoms with E-state index in [0.29, 0.717) is 24.2 Å². The van der Waals surface area contributed by atoms with E-state index in [1.165, 1.54) is 12.1 Å². The number of halogens is 1. The number of amides is 1. The van der Waals surface area contributed by atoms with Crippen LogP contribution in [0.2, 0.25) is 0 Å². The van der Waals surface area contributed by atoms with Gasteiger partial charge in [-0.15, -0.1) is 0 Å². The molecule has 0 aromatic heterocycles. The van der Waals surface area contributed by atoms with E-state index in [1.807, 2.05) is 18.2 Å². The van der Waals surface area contributed by atoms with Gasteiger partial charge in [-0.2, -0.15) is 0 Å². The van der Waals surface area contributed by atoms with Gasteiger partial charge in [0.2, 0.25) is 5.91 Å². The normalized spacial score (nSPS) is 10.3.